The summed E-state index contributed by atoms with van der Waals surface area (Å²) in [7, 11) is 1.67. The number of hydrogen-bond acceptors (Lipinski definition) is 5. The Bertz CT molecular complexity index is 807. The van der Waals surface area contributed by atoms with E-state index in [0.717, 1.165) is 24.4 Å². The van der Waals surface area contributed by atoms with Crippen LogP contribution in [0.3, 0.4) is 0 Å². The minimum absolute atomic E-state index is 0.0468. The molecule has 0 aliphatic carbocycles. The van der Waals surface area contributed by atoms with Crippen LogP contribution in [0.15, 0.2) is 42.5 Å². The van der Waals surface area contributed by atoms with Crippen LogP contribution in [0.1, 0.15) is 17.4 Å². The summed E-state index contributed by atoms with van der Waals surface area (Å²) in [4.78, 5) is 0. The summed E-state index contributed by atoms with van der Waals surface area (Å²) in [5, 5.41) is 25.0. The summed E-state index contributed by atoms with van der Waals surface area (Å²) in [6.07, 6.45) is 0.987. The van der Waals surface area contributed by atoms with E-state index in [-0.39, 0.29) is 5.56 Å². The molecule has 0 spiro atoms. The van der Waals surface area contributed by atoms with Gasteiger partial charge in [-0.05, 0) is 30.3 Å². The number of aliphatic hydroxyl groups excluding tert-OH is 1. The van der Waals surface area contributed by atoms with Crippen LogP contribution >= 0.6 is 0 Å². The van der Waals surface area contributed by atoms with Crippen LogP contribution in [-0.2, 0) is 0 Å². The fourth-order valence-corrected chi connectivity index (χ4v) is 2.48. The molecule has 144 valence electrons. The lowest BCUT2D eigenvalue weighted by Crippen LogP contribution is -2.14. The molecule has 8 heteroatoms. The van der Waals surface area contributed by atoms with Gasteiger partial charge < -0.3 is 31.6 Å². The first-order chi connectivity index (χ1) is 13.0. The molecule has 0 saturated heterocycles. The Labute approximate surface area is 156 Å². The van der Waals surface area contributed by atoms with Crippen molar-refractivity contribution >= 4 is 17.6 Å². The third-order valence-electron chi connectivity index (χ3n) is 3.66. The van der Waals surface area contributed by atoms with Crippen molar-refractivity contribution < 1.29 is 18.6 Å². The van der Waals surface area contributed by atoms with E-state index in [1.165, 1.54) is 6.08 Å². The van der Waals surface area contributed by atoms with Gasteiger partial charge in [0.1, 0.15) is 24.0 Å². The van der Waals surface area contributed by atoms with Crippen molar-refractivity contribution in [3.63, 3.8) is 0 Å². The maximum atomic E-state index is 13.4. The van der Waals surface area contributed by atoms with E-state index in [1.54, 1.807) is 25.2 Å². The molecule has 0 aliphatic heterocycles. The number of anilines is 1. The Kier molecular flexibility index (Phi) is 7.27. The average molecular weight is 375 g/mol. The second-order valence-corrected chi connectivity index (χ2v) is 5.58. The van der Waals surface area contributed by atoms with Crippen LogP contribution in [0.4, 0.5) is 14.5 Å². The van der Waals surface area contributed by atoms with Crippen LogP contribution in [0.25, 0.3) is 11.1 Å². The number of hydrogen-bond donors (Lipinski definition) is 4. The highest BCUT2D eigenvalue weighted by Crippen LogP contribution is 2.29. The van der Waals surface area contributed by atoms with E-state index in [2.05, 4.69) is 10.6 Å². The first-order valence-electron chi connectivity index (χ1n) is 8.21. The van der Waals surface area contributed by atoms with Gasteiger partial charge >= 0.3 is 0 Å². The van der Waals surface area contributed by atoms with Gasteiger partial charge in [-0.3, -0.25) is 0 Å². The lowest BCUT2D eigenvalue weighted by atomic mass is 10.1. The van der Waals surface area contributed by atoms with Gasteiger partial charge in [0, 0.05) is 42.2 Å². The van der Waals surface area contributed by atoms with E-state index in [1.807, 2.05) is 0 Å². The number of rotatable bonds is 9. The van der Waals surface area contributed by atoms with Crippen molar-refractivity contribution in [2.75, 3.05) is 25.5 Å². The minimum atomic E-state index is -1.33. The standard InChI is InChI=1S/C19H21F2N4O2/c1-24-17(4-5-22)16-11-15(2-3-18(16)27-7-6-23)25-19(26)12-8-13(20)10-14(21)9-12/h2-5,8-11,19,24-26H,6-7,23H2,1H3/q-1/b17-4-. The number of nitrogens with zero attached hydrogens (tertiary/aromatic N) is 1. The maximum absolute atomic E-state index is 13.4. The Balaban J connectivity index is 2.33. The molecule has 0 fully saturated rings. The van der Waals surface area contributed by atoms with Crippen molar-refractivity contribution in [3.05, 3.63) is 70.6 Å². The monoisotopic (exact) mass is 375 g/mol. The van der Waals surface area contributed by atoms with Gasteiger partial charge in [-0.1, -0.05) is 6.08 Å². The molecule has 0 heterocycles. The molecule has 2 rings (SSSR count). The molecule has 0 aliphatic rings. The zero-order valence-corrected chi connectivity index (χ0v) is 14.7. The summed E-state index contributed by atoms with van der Waals surface area (Å²) in [6.45, 7) is 0.624. The van der Waals surface area contributed by atoms with E-state index >= 15 is 0 Å². The van der Waals surface area contributed by atoms with Crippen molar-refractivity contribution in [2.24, 2.45) is 5.73 Å². The molecule has 27 heavy (non-hydrogen) atoms. The molecule has 1 atom stereocenters. The first kappa shape index (κ1) is 20.3. The number of nitrogens with two attached hydrogens (primary N) is 1. The number of halogens is 2. The Hall–Kier alpha value is -2.97. The Morgan fingerprint density at radius 3 is 2.56 bits per heavy atom. The summed E-state index contributed by atoms with van der Waals surface area (Å²) < 4.78 is 32.3. The number of nitrogens with one attached hydrogen (secondary N) is 2. The van der Waals surface area contributed by atoms with Gasteiger partial charge in [-0.15, -0.1) is 0 Å². The number of ether oxygens (including phenoxy) is 1. The van der Waals surface area contributed by atoms with E-state index in [4.69, 9.17) is 15.9 Å². The zero-order valence-electron chi connectivity index (χ0n) is 14.7. The lowest BCUT2D eigenvalue weighted by Gasteiger charge is -2.19. The van der Waals surface area contributed by atoms with Gasteiger partial charge in [0.2, 0.25) is 0 Å². The topological polar surface area (TPSA) is 102 Å². The highest BCUT2D eigenvalue weighted by Gasteiger charge is 2.13. The molecular formula is C19H21F2N4O2-. The van der Waals surface area contributed by atoms with Crippen molar-refractivity contribution in [2.45, 2.75) is 6.23 Å². The molecule has 1 unspecified atom stereocenters. The second kappa shape index (κ2) is 9.65. The van der Waals surface area contributed by atoms with Crippen molar-refractivity contribution in [1.29, 1.82) is 0 Å². The summed E-state index contributed by atoms with van der Waals surface area (Å²) in [5.41, 5.74) is 7.14. The van der Waals surface area contributed by atoms with E-state index in [9.17, 15) is 13.9 Å². The molecule has 0 saturated carbocycles. The second-order valence-electron chi connectivity index (χ2n) is 5.58. The van der Waals surface area contributed by atoms with Crippen LogP contribution in [0.5, 0.6) is 5.75 Å². The zero-order chi connectivity index (χ0) is 19.8. The molecular weight excluding hydrogens is 354 g/mol. The molecule has 0 aromatic heterocycles. The third kappa shape index (κ3) is 5.50. The fourth-order valence-electron chi connectivity index (χ4n) is 2.48. The van der Waals surface area contributed by atoms with Gasteiger partial charge in [-0.2, -0.15) is 6.21 Å². The molecule has 0 radical (unpaired) electrons. The average Bonchev–Trinajstić information content (AvgIpc) is 2.64. The number of aliphatic hydroxyl groups is 1. The van der Waals surface area contributed by atoms with E-state index in [0.29, 0.717) is 35.8 Å². The van der Waals surface area contributed by atoms with Crippen LogP contribution in [-0.4, -0.2) is 31.5 Å². The fraction of sp³-hybridized carbons (Fsp3) is 0.211. The SMILES string of the molecule is CN/C(=C\C=[N-])c1cc(NC(O)c2cc(F)cc(F)c2)ccc1OCCN. The number of benzene rings is 2. The van der Waals surface area contributed by atoms with Crippen LogP contribution in [0, 0.1) is 11.6 Å². The molecule has 5 N–H and O–H groups in total. The van der Waals surface area contributed by atoms with Crippen molar-refractivity contribution in [1.82, 2.24) is 5.32 Å². The maximum Gasteiger partial charge on any atom is 0.151 e. The third-order valence-corrected chi connectivity index (χ3v) is 3.66. The first-order valence-corrected chi connectivity index (χ1v) is 8.21. The quantitative estimate of drug-likeness (QED) is 0.399. The van der Waals surface area contributed by atoms with Crippen LogP contribution < -0.4 is 21.1 Å². The lowest BCUT2D eigenvalue weighted by molar-refractivity contribution is 0.207. The summed E-state index contributed by atoms with van der Waals surface area (Å²) in [5.74, 6) is -1.05. The highest BCUT2D eigenvalue weighted by atomic mass is 19.1. The molecule has 0 amide bonds. The molecule has 0 bridgehead atoms. The predicted octanol–water partition coefficient (Wildman–Crippen LogP) is 2.61. The Morgan fingerprint density at radius 1 is 1.26 bits per heavy atom. The number of allylic oxidation sites excluding steroid dienone is 1. The highest BCUT2D eigenvalue weighted by molar-refractivity contribution is 5.87. The van der Waals surface area contributed by atoms with Crippen molar-refractivity contribution in [3.8, 4) is 5.75 Å². The Morgan fingerprint density at radius 2 is 1.96 bits per heavy atom. The summed E-state index contributed by atoms with van der Waals surface area (Å²) >= 11 is 0. The van der Waals surface area contributed by atoms with Gasteiger partial charge in [-0.25, -0.2) is 8.78 Å². The normalized spacial score (nSPS) is 12.4. The molecule has 2 aromatic carbocycles. The van der Waals surface area contributed by atoms with Crippen LogP contribution in [0.2, 0.25) is 0 Å². The molecule has 6 nitrogen and oxygen atoms in total. The van der Waals surface area contributed by atoms with Gasteiger partial charge in [0.15, 0.2) is 6.23 Å². The largest absolute Gasteiger partial charge is 0.811 e. The minimum Gasteiger partial charge on any atom is -0.811 e. The van der Waals surface area contributed by atoms with E-state index < -0.39 is 17.9 Å². The smallest absolute Gasteiger partial charge is 0.151 e. The molecule has 2 aromatic rings. The van der Waals surface area contributed by atoms with Gasteiger partial charge in [0.05, 0.1) is 0 Å². The van der Waals surface area contributed by atoms with Gasteiger partial charge in [0.25, 0.3) is 0 Å². The predicted molar refractivity (Wildman–Crippen MR) is 102 cm³/mol. The summed E-state index contributed by atoms with van der Waals surface area (Å²) in [6, 6.07) is 7.78.